The molecule has 25 heavy (non-hydrogen) atoms. The zero-order valence-electron chi connectivity index (χ0n) is 13.8. The second kappa shape index (κ2) is 6.91. The highest BCUT2D eigenvalue weighted by Gasteiger charge is 2.20. The van der Waals surface area contributed by atoms with Crippen LogP contribution in [0.5, 0.6) is 0 Å². The lowest BCUT2D eigenvalue weighted by Gasteiger charge is -2.10. The van der Waals surface area contributed by atoms with Crippen molar-refractivity contribution in [1.82, 2.24) is 9.55 Å². The summed E-state index contributed by atoms with van der Waals surface area (Å²) in [6.45, 7) is 4.67. The summed E-state index contributed by atoms with van der Waals surface area (Å²) in [7, 11) is 0. The molecular weight excluding hydrogens is 324 g/mol. The second-order valence-corrected chi connectivity index (χ2v) is 6.69. The molecule has 0 amide bonds. The summed E-state index contributed by atoms with van der Waals surface area (Å²) in [6, 6.07) is 25.0. The van der Waals surface area contributed by atoms with Crippen LogP contribution in [0.25, 0.3) is 33.2 Å². The van der Waals surface area contributed by atoms with Crippen LogP contribution >= 0.6 is 11.3 Å². The average molecular weight is 342 g/mol. The average Bonchev–Trinajstić information content (AvgIpc) is 3.31. The van der Waals surface area contributed by atoms with E-state index in [1.54, 1.807) is 11.3 Å². The fraction of sp³-hybridized carbons (Fsp3) is 0.0455. The highest BCUT2D eigenvalue weighted by Crippen LogP contribution is 2.37. The number of hydrogen-bond donors (Lipinski definition) is 0. The van der Waals surface area contributed by atoms with Crippen molar-refractivity contribution in [2.24, 2.45) is 0 Å². The molecule has 0 radical (unpaired) electrons. The highest BCUT2D eigenvalue weighted by atomic mass is 32.1. The molecule has 0 unspecified atom stereocenters. The predicted molar refractivity (Wildman–Crippen MR) is 107 cm³/mol. The van der Waals surface area contributed by atoms with Gasteiger partial charge in [-0.25, -0.2) is 4.98 Å². The molecule has 2 heterocycles. The van der Waals surface area contributed by atoms with Crippen LogP contribution in [0.2, 0.25) is 0 Å². The molecular formula is C22H18N2S. The van der Waals surface area contributed by atoms with Crippen molar-refractivity contribution in [3.8, 4) is 33.2 Å². The fourth-order valence-corrected chi connectivity index (χ4v) is 3.76. The molecule has 0 N–H and O–H groups in total. The lowest BCUT2D eigenvalue weighted by Crippen LogP contribution is -2.00. The van der Waals surface area contributed by atoms with Crippen LogP contribution in [0.1, 0.15) is 0 Å². The molecule has 0 saturated heterocycles. The molecule has 4 rings (SSSR count). The van der Waals surface area contributed by atoms with Gasteiger partial charge in [0, 0.05) is 17.7 Å². The Kier molecular flexibility index (Phi) is 4.32. The van der Waals surface area contributed by atoms with Crippen LogP contribution in [-0.2, 0) is 6.54 Å². The summed E-state index contributed by atoms with van der Waals surface area (Å²) in [5.74, 6) is 0.993. The van der Waals surface area contributed by atoms with Gasteiger partial charge in [-0.1, -0.05) is 72.8 Å². The van der Waals surface area contributed by atoms with Gasteiger partial charge in [0.25, 0.3) is 0 Å². The van der Waals surface area contributed by atoms with E-state index in [2.05, 4.69) is 77.2 Å². The number of hydrogen-bond acceptors (Lipinski definition) is 2. The molecule has 2 aromatic carbocycles. The van der Waals surface area contributed by atoms with Crippen molar-refractivity contribution < 1.29 is 0 Å². The van der Waals surface area contributed by atoms with Gasteiger partial charge in [0.15, 0.2) is 5.82 Å². The quantitative estimate of drug-likeness (QED) is 0.399. The Labute approximate surface area is 151 Å². The molecule has 0 spiro atoms. The van der Waals surface area contributed by atoms with Crippen LogP contribution in [-0.4, -0.2) is 9.55 Å². The molecule has 0 saturated carbocycles. The van der Waals surface area contributed by atoms with Gasteiger partial charge in [0.1, 0.15) is 0 Å². The molecule has 0 aliphatic heterocycles. The Morgan fingerprint density at radius 1 is 0.880 bits per heavy atom. The lowest BCUT2D eigenvalue weighted by atomic mass is 10.0. The molecule has 0 fully saturated rings. The van der Waals surface area contributed by atoms with E-state index in [4.69, 9.17) is 4.98 Å². The maximum absolute atomic E-state index is 5.04. The Morgan fingerprint density at radius 3 is 2.16 bits per heavy atom. The Morgan fingerprint density at radius 2 is 1.56 bits per heavy atom. The molecule has 0 aliphatic rings. The number of nitrogens with zero attached hydrogens (tertiary/aromatic N) is 2. The first-order valence-electron chi connectivity index (χ1n) is 8.24. The van der Waals surface area contributed by atoms with Crippen molar-refractivity contribution in [2.45, 2.75) is 6.54 Å². The summed E-state index contributed by atoms with van der Waals surface area (Å²) in [5.41, 5.74) is 4.44. The molecule has 122 valence electrons. The smallest absolute Gasteiger partial charge is 0.151 e. The van der Waals surface area contributed by atoms with Crippen LogP contribution in [0, 0.1) is 0 Å². The monoisotopic (exact) mass is 342 g/mol. The summed E-state index contributed by atoms with van der Waals surface area (Å²) >= 11 is 1.71. The fourth-order valence-electron chi connectivity index (χ4n) is 3.04. The molecule has 3 heteroatoms. The lowest BCUT2D eigenvalue weighted by molar-refractivity contribution is 0.842. The molecule has 0 aliphatic carbocycles. The molecule has 0 atom stereocenters. The van der Waals surface area contributed by atoms with E-state index >= 15 is 0 Å². The zero-order valence-corrected chi connectivity index (χ0v) is 14.6. The summed E-state index contributed by atoms with van der Waals surface area (Å²) in [4.78, 5) is 6.21. The second-order valence-electron chi connectivity index (χ2n) is 5.74. The SMILES string of the molecule is C=CCn1c(-c2cccs2)nc(-c2ccccc2)c1-c1ccccc1. The largest absolute Gasteiger partial charge is 0.319 e. The van der Waals surface area contributed by atoms with Crippen molar-refractivity contribution >= 4 is 11.3 Å². The van der Waals surface area contributed by atoms with Gasteiger partial charge in [-0.15, -0.1) is 17.9 Å². The Balaban J connectivity index is 2.03. The van der Waals surface area contributed by atoms with Gasteiger partial charge in [-0.05, 0) is 11.4 Å². The first-order chi connectivity index (χ1) is 12.4. The van der Waals surface area contributed by atoms with Crippen LogP contribution < -0.4 is 0 Å². The van der Waals surface area contributed by atoms with Crippen molar-refractivity contribution in [1.29, 1.82) is 0 Å². The maximum atomic E-state index is 5.04. The van der Waals surface area contributed by atoms with E-state index in [0.29, 0.717) is 0 Å². The zero-order chi connectivity index (χ0) is 17.1. The minimum Gasteiger partial charge on any atom is -0.319 e. The minimum atomic E-state index is 0.720. The van der Waals surface area contributed by atoms with E-state index < -0.39 is 0 Å². The number of thiophene rings is 1. The topological polar surface area (TPSA) is 17.8 Å². The summed E-state index contributed by atoms with van der Waals surface area (Å²) in [6.07, 6.45) is 1.93. The third-order valence-corrected chi connectivity index (χ3v) is 4.98. The van der Waals surface area contributed by atoms with E-state index in [0.717, 1.165) is 29.3 Å². The molecule has 4 aromatic rings. The summed E-state index contributed by atoms with van der Waals surface area (Å²) in [5, 5.41) is 2.09. The molecule has 2 aromatic heterocycles. The van der Waals surface area contributed by atoms with Gasteiger partial charge in [0.05, 0.1) is 16.3 Å². The third kappa shape index (κ3) is 2.94. The number of rotatable bonds is 5. The number of benzene rings is 2. The van der Waals surface area contributed by atoms with Crippen LogP contribution in [0.3, 0.4) is 0 Å². The molecule has 0 bridgehead atoms. The third-order valence-electron chi connectivity index (χ3n) is 4.12. The summed E-state index contributed by atoms with van der Waals surface area (Å²) < 4.78 is 2.26. The van der Waals surface area contributed by atoms with Gasteiger partial charge < -0.3 is 4.57 Å². The Bertz CT molecular complexity index is 968. The van der Waals surface area contributed by atoms with Gasteiger partial charge in [0.2, 0.25) is 0 Å². The van der Waals surface area contributed by atoms with E-state index in [9.17, 15) is 0 Å². The van der Waals surface area contributed by atoms with Gasteiger partial charge in [-0.3, -0.25) is 0 Å². The minimum absolute atomic E-state index is 0.720. The normalized spacial score (nSPS) is 10.7. The van der Waals surface area contributed by atoms with Gasteiger partial charge >= 0.3 is 0 Å². The number of aromatic nitrogens is 2. The standard InChI is InChI=1S/C22H18N2S/c1-2-15-24-21(18-12-7-4-8-13-18)20(17-10-5-3-6-11-17)23-22(24)19-14-9-16-25-19/h2-14,16H,1,15H2. The van der Waals surface area contributed by atoms with Crippen LogP contribution in [0.4, 0.5) is 0 Å². The van der Waals surface area contributed by atoms with E-state index in [1.165, 1.54) is 10.4 Å². The van der Waals surface area contributed by atoms with Crippen molar-refractivity contribution in [3.05, 3.63) is 90.8 Å². The first-order valence-corrected chi connectivity index (χ1v) is 9.12. The number of imidazole rings is 1. The van der Waals surface area contributed by atoms with E-state index in [1.807, 2.05) is 18.2 Å². The molecule has 2 nitrogen and oxygen atoms in total. The van der Waals surface area contributed by atoms with Crippen molar-refractivity contribution in [2.75, 3.05) is 0 Å². The Hall–Kier alpha value is -2.91. The maximum Gasteiger partial charge on any atom is 0.151 e. The van der Waals surface area contributed by atoms with E-state index in [-0.39, 0.29) is 0 Å². The number of allylic oxidation sites excluding steroid dienone is 1. The van der Waals surface area contributed by atoms with Gasteiger partial charge in [-0.2, -0.15) is 0 Å². The highest BCUT2D eigenvalue weighted by molar-refractivity contribution is 7.13. The first kappa shape index (κ1) is 15.6. The predicted octanol–water partition coefficient (Wildman–Crippen LogP) is 6.13. The van der Waals surface area contributed by atoms with Crippen LogP contribution in [0.15, 0.2) is 90.8 Å². The van der Waals surface area contributed by atoms with Crippen molar-refractivity contribution in [3.63, 3.8) is 0 Å².